The van der Waals surface area contributed by atoms with Crippen molar-refractivity contribution in [2.45, 2.75) is 33.7 Å². The zero-order valence-electron chi connectivity index (χ0n) is 19.4. The van der Waals surface area contributed by atoms with Crippen molar-refractivity contribution in [3.8, 4) is 11.1 Å². The predicted molar refractivity (Wildman–Crippen MR) is 128 cm³/mol. The van der Waals surface area contributed by atoms with Crippen molar-refractivity contribution >= 4 is 19.2 Å². The van der Waals surface area contributed by atoms with Crippen LogP contribution < -0.4 is 47.6 Å². The van der Waals surface area contributed by atoms with E-state index >= 15 is 0 Å². The smallest absolute Gasteiger partial charge is 1.00 e. The molecular formula is C28H28Cl3SiTi. The Labute approximate surface area is 234 Å². The number of halogens is 3. The summed E-state index contributed by atoms with van der Waals surface area (Å²) in [7, 11) is -0.916. The minimum Gasteiger partial charge on any atom is -1.00 e. The molecule has 0 N–H and O–H groups in total. The maximum Gasteiger partial charge on any atom is 4.00 e. The second kappa shape index (κ2) is 14.3. The molecule has 0 heterocycles. The van der Waals surface area contributed by atoms with Crippen LogP contribution in [0, 0.1) is 27.7 Å². The van der Waals surface area contributed by atoms with Gasteiger partial charge in [0.15, 0.2) is 0 Å². The molecule has 5 heteroatoms. The van der Waals surface area contributed by atoms with Crippen molar-refractivity contribution in [2.75, 3.05) is 0 Å². The SMILES string of the molecule is Cc1cccc(-c2c(C)c(C)c(C)[c-]2C[Si](c2ccccc2)c2ccccc2)c1.[Cl-].[Cl-].[Cl-].[Ti+4]. The first-order valence-corrected chi connectivity index (χ1v) is 12.1. The molecule has 4 aromatic rings. The second-order valence-electron chi connectivity index (χ2n) is 7.99. The van der Waals surface area contributed by atoms with Crippen molar-refractivity contribution in [1.29, 1.82) is 0 Å². The van der Waals surface area contributed by atoms with Gasteiger partial charge in [-0.15, -0.1) is 16.7 Å². The van der Waals surface area contributed by atoms with Gasteiger partial charge in [0.2, 0.25) is 0 Å². The predicted octanol–water partition coefficient (Wildman–Crippen LogP) is -3.29. The van der Waals surface area contributed by atoms with E-state index in [2.05, 4.69) is 113 Å². The molecule has 0 amide bonds. The van der Waals surface area contributed by atoms with Gasteiger partial charge in [0, 0.05) is 0 Å². The molecule has 169 valence electrons. The molecule has 0 saturated carbocycles. The maximum atomic E-state index is 2.34. The Morgan fingerprint density at radius 2 is 1.15 bits per heavy atom. The summed E-state index contributed by atoms with van der Waals surface area (Å²) in [6, 6.07) is 32.3. The molecule has 0 fully saturated rings. The van der Waals surface area contributed by atoms with E-state index in [-0.39, 0.29) is 58.9 Å². The van der Waals surface area contributed by atoms with Crippen LogP contribution in [0.15, 0.2) is 84.9 Å². The van der Waals surface area contributed by atoms with Gasteiger partial charge < -0.3 is 37.2 Å². The quantitative estimate of drug-likeness (QED) is 0.182. The number of hydrogen-bond acceptors (Lipinski definition) is 0. The van der Waals surface area contributed by atoms with Gasteiger partial charge in [-0.2, -0.15) is 11.1 Å². The van der Waals surface area contributed by atoms with Crippen LogP contribution in [-0.4, -0.2) is 8.80 Å². The summed E-state index contributed by atoms with van der Waals surface area (Å²) >= 11 is 0. The molecule has 0 unspecified atom stereocenters. The van der Waals surface area contributed by atoms with Crippen LogP contribution in [0.25, 0.3) is 11.1 Å². The van der Waals surface area contributed by atoms with Gasteiger partial charge >= 0.3 is 21.7 Å². The molecule has 1 radical (unpaired) electrons. The van der Waals surface area contributed by atoms with Gasteiger partial charge in [0.25, 0.3) is 0 Å². The van der Waals surface area contributed by atoms with E-state index < -0.39 is 8.80 Å². The van der Waals surface area contributed by atoms with E-state index in [0.717, 1.165) is 6.04 Å². The van der Waals surface area contributed by atoms with Crippen molar-refractivity contribution in [3.05, 3.63) is 113 Å². The van der Waals surface area contributed by atoms with Crippen molar-refractivity contribution < 1.29 is 58.9 Å². The van der Waals surface area contributed by atoms with Gasteiger partial charge in [-0.05, 0) is 6.92 Å². The number of aryl methyl sites for hydroxylation is 1. The normalized spacial score (nSPS) is 9.85. The van der Waals surface area contributed by atoms with Gasteiger partial charge in [0.05, 0.1) is 0 Å². The molecule has 0 atom stereocenters. The van der Waals surface area contributed by atoms with Crippen LogP contribution in [0.4, 0.5) is 0 Å². The average molecular weight is 547 g/mol. The summed E-state index contributed by atoms with van der Waals surface area (Å²) in [5.41, 5.74) is 10.0. The molecule has 33 heavy (non-hydrogen) atoms. The first kappa shape index (κ1) is 31.8. The van der Waals surface area contributed by atoms with Crippen LogP contribution in [0.5, 0.6) is 0 Å². The zero-order chi connectivity index (χ0) is 20.4. The fraction of sp³-hybridized carbons (Fsp3) is 0.179. The molecule has 0 bridgehead atoms. The zero-order valence-corrected chi connectivity index (χ0v) is 24.3. The molecule has 0 nitrogen and oxygen atoms in total. The molecule has 4 aromatic carbocycles. The Morgan fingerprint density at radius 1 is 0.636 bits per heavy atom. The summed E-state index contributed by atoms with van der Waals surface area (Å²) < 4.78 is 0. The average Bonchev–Trinajstić information content (AvgIpc) is 2.96. The molecule has 0 aliphatic heterocycles. The topological polar surface area (TPSA) is 0 Å². The molecule has 0 spiro atoms. The van der Waals surface area contributed by atoms with Gasteiger partial charge in [0.1, 0.15) is 8.80 Å². The number of rotatable bonds is 5. The van der Waals surface area contributed by atoms with Crippen molar-refractivity contribution in [3.63, 3.8) is 0 Å². The van der Waals surface area contributed by atoms with Crippen molar-refractivity contribution in [1.82, 2.24) is 0 Å². The molecule has 0 saturated heterocycles. The van der Waals surface area contributed by atoms with E-state index in [0.29, 0.717) is 0 Å². The van der Waals surface area contributed by atoms with Crippen LogP contribution in [0.1, 0.15) is 27.8 Å². The van der Waals surface area contributed by atoms with Gasteiger partial charge in [-0.3, -0.25) is 0 Å². The van der Waals surface area contributed by atoms with Gasteiger partial charge in [-0.25, -0.2) is 0 Å². The molecule has 0 aliphatic rings. The molecule has 4 rings (SSSR count). The first-order chi connectivity index (χ1) is 14.1. The summed E-state index contributed by atoms with van der Waals surface area (Å²) in [5, 5.41) is 2.96. The Balaban J connectivity index is 0.00000256. The Kier molecular flexibility index (Phi) is 13.8. The van der Waals surface area contributed by atoms with Crippen LogP contribution >= 0.6 is 0 Å². The van der Waals surface area contributed by atoms with Crippen LogP contribution in [0.2, 0.25) is 0 Å². The molecule has 0 aromatic heterocycles. The molecule has 0 aliphatic carbocycles. The third-order valence-electron chi connectivity index (χ3n) is 6.16. The van der Waals surface area contributed by atoms with E-state index in [1.54, 1.807) is 0 Å². The van der Waals surface area contributed by atoms with Crippen molar-refractivity contribution in [2.24, 2.45) is 0 Å². The Bertz CT molecular complexity index is 1090. The van der Waals surface area contributed by atoms with Gasteiger partial charge in [-0.1, -0.05) is 133 Å². The number of hydrogen-bond donors (Lipinski definition) is 0. The fourth-order valence-electron chi connectivity index (χ4n) is 4.35. The maximum absolute atomic E-state index is 2.34. The third kappa shape index (κ3) is 6.92. The van der Waals surface area contributed by atoms with E-state index in [1.165, 1.54) is 49.3 Å². The minimum atomic E-state index is -0.916. The van der Waals surface area contributed by atoms with Crippen LogP contribution in [0.3, 0.4) is 0 Å². The summed E-state index contributed by atoms with van der Waals surface area (Å²) in [6.45, 7) is 9.07. The second-order valence-corrected chi connectivity index (χ2v) is 10.5. The van der Waals surface area contributed by atoms with E-state index in [4.69, 9.17) is 0 Å². The summed E-state index contributed by atoms with van der Waals surface area (Å²) in [4.78, 5) is 0. The van der Waals surface area contributed by atoms with Crippen LogP contribution in [-0.2, 0) is 27.8 Å². The largest absolute Gasteiger partial charge is 4.00 e. The third-order valence-corrected chi connectivity index (χ3v) is 8.93. The molecular weight excluding hydrogens is 519 g/mol. The monoisotopic (exact) mass is 545 g/mol. The number of benzene rings is 3. The summed E-state index contributed by atoms with van der Waals surface area (Å²) in [5.74, 6) is 0. The Hall–Kier alpha value is -1.19. The van der Waals surface area contributed by atoms with E-state index in [9.17, 15) is 0 Å². The van der Waals surface area contributed by atoms with E-state index in [1.807, 2.05) is 0 Å². The Morgan fingerprint density at radius 3 is 1.64 bits per heavy atom. The fourth-order valence-corrected chi connectivity index (χ4v) is 7.07. The first-order valence-electron chi connectivity index (χ1n) is 10.3. The standard InChI is InChI=1S/C28H28Si.3ClH.Ti/c1-20-12-11-13-24(18-20)28-23(4)21(2)22(3)27(28)19-29(25-14-7-5-8-15-25)26-16-9-6-10-17-26;;;;/h5-18H,19H2,1-4H3;3*1H;/q-1;;;;+4/p-3. The minimum absolute atomic E-state index is 0. The summed E-state index contributed by atoms with van der Waals surface area (Å²) in [6.07, 6.45) is 0.